The zero-order valence-electron chi connectivity index (χ0n) is 11.4. The molecule has 2 aromatic heterocycles. The Balaban J connectivity index is 2.57. The molecular weight excluding hydrogens is 287 g/mol. The van der Waals surface area contributed by atoms with E-state index >= 15 is 0 Å². The zero-order chi connectivity index (χ0) is 15.8. The minimum absolute atomic E-state index is 0.0675. The van der Waals surface area contributed by atoms with Gasteiger partial charge < -0.3 is 5.11 Å². The Morgan fingerprint density at radius 1 is 1.43 bits per heavy atom. The van der Waals surface area contributed by atoms with Gasteiger partial charge in [-0.25, -0.2) is 4.52 Å². The summed E-state index contributed by atoms with van der Waals surface area (Å²) in [6, 6.07) is 0.832. The fourth-order valence-corrected chi connectivity index (χ4v) is 2.15. The first-order chi connectivity index (χ1) is 9.70. The maximum absolute atomic E-state index is 12.7. The first-order valence-corrected chi connectivity index (χ1v) is 6.34. The van der Waals surface area contributed by atoms with Gasteiger partial charge in [-0.15, -0.1) is 0 Å². The lowest BCUT2D eigenvalue weighted by Gasteiger charge is -2.14. The molecule has 0 saturated carbocycles. The van der Waals surface area contributed by atoms with Crippen LogP contribution in [0.2, 0.25) is 0 Å². The topological polar surface area (TPSA) is 67.5 Å². The van der Waals surface area contributed by atoms with Crippen molar-refractivity contribution in [2.45, 2.75) is 32.4 Å². The summed E-state index contributed by atoms with van der Waals surface area (Å²) in [4.78, 5) is 15.4. The fraction of sp³-hybridized carbons (Fsp3) is 0.462. The highest BCUT2D eigenvalue weighted by atomic mass is 19.4. The first kappa shape index (κ1) is 15.3. The lowest BCUT2D eigenvalue weighted by Crippen LogP contribution is -2.16. The Bertz CT molecular complexity index is 664. The molecule has 1 atom stereocenters. The molecule has 0 aliphatic heterocycles. The van der Waals surface area contributed by atoms with E-state index in [1.807, 2.05) is 13.8 Å². The Morgan fingerprint density at radius 3 is 2.62 bits per heavy atom. The zero-order valence-corrected chi connectivity index (χ0v) is 11.4. The maximum atomic E-state index is 12.7. The van der Waals surface area contributed by atoms with Gasteiger partial charge in [-0.3, -0.25) is 9.78 Å². The molecule has 21 heavy (non-hydrogen) atoms. The van der Waals surface area contributed by atoms with Crippen LogP contribution in [-0.2, 0) is 11.0 Å². The molecule has 0 aromatic carbocycles. The summed E-state index contributed by atoms with van der Waals surface area (Å²) in [7, 11) is 0. The lowest BCUT2D eigenvalue weighted by atomic mass is 9.93. The van der Waals surface area contributed by atoms with E-state index in [9.17, 15) is 23.1 Å². The van der Waals surface area contributed by atoms with Gasteiger partial charge in [0, 0.05) is 12.4 Å². The lowest BCUT2D eigenvalue weighted by molar-refractivity contribution is -0.141. The molecule has 1 unspecified atom stereocenters. The SMILES string of the molecule is CC(C)CC(C(=O)O)c1nccn2nc(C(F)(F)F)cc12. The number of halogens is 3. The molecule has 0 amide bonds. The Kier molecular flexibility index (Phi) is 3.89. The van der Waals surface area contributed by atoms with Gasteiger partial charge in [0.25, 0.3) is 0 Å². The number of nitrogens with zero attached hydrogens (tertiary/aromatic N) is 3. The van der Waals surface area contributed by atoms with E-state index in [2.05, 4.69) is 10.1 Å². The smallest absolute Gasteiger partial charge is 0.435 e. The summed E-state index contributed by atoms with van der Waals surface area (Å²) in [6.07, 6.45) is -1.78. The molecule has 114 valence electrons. The molecule has 0 aliphatic rings. The Morgan fingerprint density at radius 2 is 2.10 bits per heavy atom. The van der Waals surface area contributed by atoms with E-state index in [1.165, 1.54) is 12.4 Å². The molecule has 0 aliphatic carbocycles. The van der Waals surface area contributed by atoms with Crippen LogP contribution in [0, 0.1) is 5.92 Å². The summed E-state index contributed by atoms with van der Waals surface area (Å²) in [6.45, 7) is 3.68. The number of hydrogen-bond donors (Lipinski definition) is 1. The van der Waals surface area contributed by atoms with Crippen LogP contribution < -0.4 is 0 Å². The number of carbonyl (C=O) groups is 1. The van der Waals surface area contributed by atoms with E-state index in [1.54, 1.807) is 0 Å². The number of rotatable bonds is 4. The van der Waals surface area contributed by atoms with Crippen molar-refractivity contribution in [1.82, 2.24) is 14.6 Å². The molecule has 5 nitrogen and oxygen atoms in total. The molecule has 8 heteroatoms. The number of carboxylic acids is 1. The fourth-order valence-electron chi connectivity index (χ4n) is 2.15. The molecule has 0 fully saturated rings. The summed E-state index contributed by atoms with van der Waals surface area (Å²) < 4.78 is 39.2. The molecule has 2 aromatic rings. The number of fused-ring (bicyclic) bond motifs is 1. The van der Waals surface area contributed by atoms with Crippen molar-refractivity contribution in [1.29, 1.82) is 0 Å². The van der Waals surface area contributed by atoms with E-state index in [-0.39, 0.29) is 23.5 Å². The molecule has 2 rings (SSSR count). The Hall–Kier alpha value is -2.12. The predicted octanol–water partition coefficient (Wildman–Crippen LogP) is 2.96. The molecular formula is C13H14F3N3O2. The van der Waals surface area contributed by atoms with Crippen LogP contribution in [0.15, 0.2) is 18.5 Å². The highest BCUT2D eigenvalue weighted by Crippen LogP contribution is 2.32. The number of carboxylic acid groups (broad SMARTS) is 1. The summed E-state index contributed by atoms with van der Waals surface area (Å²) in [5, 5.41) is 12.7. The Labute approximate surface area is 118 Å². The van der Waals surface area contributed by atoms with Crippen molar-refractivity contribution in [3.05, 3.63) is 29.8 Å². The van der Waals surface area contributed by atoms with Crippen LogP contribution in [0.4, 0.5) is 13.2 Å². The standard InChI is InChI=1S/C13H14F3N3O2/c1-7(2)5-8(12(20)21)11-9-6-10(13(14,15)16)18-19(9)4-3-17-11/h3-4,6-8H,5H2,1-2H3,(H,20,21). The number of aromatic nitrogens is 3. The van der Waals surface area contributed by atoms with Crippen molar-refractivity contribution in [2.24, 2.45) is 5.92 Å². The number of alkyl halides is 3. The quantitative estimate of drug-likeness (QED) is 0.942. The molecule has 0 bridgehead atoms. The van der Waals surface area contributed by atoms with E-state index in [0.29, 0.717) is 0 Å². The van der Waals surface area contributed by atoms with Crippen molar-refractivity contribution in [2.75, 3.05) is 0 Å². The van der Waals surface area contributed by atoms with Crippen molar-refractivity contribution in [3.63, 3.8) is 0 Å². The molecule has 0 spiro atoms. The minimum Gasteiger partial charge on any atom is -0.481 e. The molecule has 1 N–H and O–H groups in total. The third-order valence-corrected chi connectivity index (χ3v) is 3.05. The highest BCUT2D eigenvalue weighted by molar-refractivity contribution is 5.78. The number of hydrogen-bond acceptors (Lipinski definition) is 3. The summed E-state index contributed by atoms with van der Waals surface area (Å²) in [5.74, 6) is -2.01. The highest BCUT2D eigenvalue weighted by Gasteiger charge is 2.35. The second kappa shape index (κ2) is 5.34. The largest absolute Gasteiger partial charge is 0.481 e. The van der Waals surface area contributed by atoms with Crippen LogP contribution in [0.3, 0.4) is 0 Å². The van der Waals surface area contributed by atoms with Gasteiger partial charge in [0.15, 0.2) is 5.69 Å². The predicted molar refractivity (Wildman–Crippen MR) is 67.8 cm³/mol. The minimum atomic E-state index is -4.58. The van der Waals surface area contributed by atoms with Gasteiger partial charge in [0.1, 0.15) is 5.92 Å². The maximum Gasteiger partial charge on any atom is 0.435 e. The van der Waals surface area contributed by atoms with Crippen LogP contribution >= 0.6 is 0 Å². The van der Waals surface area contributed by atoms with E-state index in [0.717, 1.165) is 10.6 Å². The van der Waals surface area contributed by atoms with Gasteiger partial charge in [-0.05, 0) is 18.4 Å². The van der Waals surface area contributed by atoms with Gasteiger partial charge in [-0.1, -0.05) is 13.8 Å². The van der Waals surface area contributed by atoms with Crippen LogP contribution in [0.25, 0.3) is 5.52 Å². The number of aliphatic carboxylic acids is 1. The van der Waals surface area contributed by atoms with Crippen molar-refractivity contribution in [3.8, 4) is 0 Å². The average Bonchev–Trinajstić information content (AvgIpc) is 2.79. The van der Waals surface area contributed by atoms with Crippen molar-refractivity contribution >= 4 is 11.5 Å². The van der Waals surface area contributed by atoms with Gasteiger partial charge in [0.2, 0.25) is 0 Å². The van der Waals surface area contributed by atoms with Crippen LogP contribution in [-0.4, -0.2) is 25.7 Å². The van der Waals surface area contributed by atoms with Crippen LogP contribution in [0.5, 0.6) is 0 Å². The van der Waals surface area contributed by atoms with Gasteiger partial charge in [0.05, 0.1) is 11.2 Å². The van der Waals surface area contributed by atoms with Gasteiger partial charge >= 0.3 is 12.1 Å². The van der Waals surface area contributed by atoms with E-state index in [4.69, 9.17) is 0 Å². The van der Waals surface area contributed by atoms with Crippen LogP contribution in [0.1, 0.15) is 37.6 Å². The normalized spacial score (nSPS) is 13.8. The molecule has 2 heterocycles. The second-order valence-electron chi connectivity index (χ2n) is 5.19. The second-order valence-corrected chi connectivity index (χ2v) is 5.19. The summed E-state index contributed by atoms with van der Waals surface area (Å²) in [5.41, 5.74) is -0.898. The summed E-state index contributed by atoms with van der Waals surface area (Å²) >= 11 is 0. The average molecular weight is 301 g/mol. The third kappa shape index (κ3) is 3.14. The monoisotopic (exact) mass is 301 g/mol. The molecule has 0 radical (unpaired) electrons. The van der Waals surface area contributed by atoms with Gasteiger partial charge in [-0.2, -0.15) is 18.3 Å². The van der Waals surface area contributed by atoms with Crippen molar-refractivity contribution < 1.29 is 23.1 Å². The first-order valence-electron chi connectivity index (χ1n) is 6.34. The van der Waals surface area contributed by atoms with E-state index < -0.39 is 23.8 Å². The molecule has 0 saturated heterocycles. The third-order valence-electron chi connectivity index (χ3n) is 3.05.